The highest BCUT2D eigenvalue weighted by atomic mass is 16.4. The Hall–Kier alpha value is -2.17. The first-order valence-corrected chi connectivity index (χ1v) is 6.52. The predicted octanol–water partition coefficient (Wildman–Crippen LogP) is 2.23. The molecule has 0 atom stereocenters. The molecule has 0 fully saturated rings. The molecular formula is C14H15N3O2. The first kappa shape index (κ1) is 11.9. The fourth-order valence-electron chi connectivity index (χ4n) is 2.64. The van der Waals surface area contributed by atoms with E-state index in [2.05, 4.69) is 10.1 Å². The van der Waals surface area contributed by atoms with Crippen LogP contribution in [-0.2, 0) is 12.8 Å². The highest BCUT2D eigenvalue weighted by Gasteiger charge is 2.24. The van der Waals surface area contributed by atoms with Crippen LogP contribution in [0.4, 0.5) is 0 Å². The zero-order valence-electron chi connectivity index (χ0n) is 10.5. The number of carbonyl (C=O) groups is 1. The lowest BCUT2D eigenvalue weighted by Gasteiger charge is -2.06. The van der Waals surface area contributed by atoms with Crippen molar-refractivity contribution in [2.24, 2.45) is 0 Å². The minimum absolute atomic E-state index is 0.195. The van der Waals surface area contributed by atoms with Crippen molar-refractivity contribution in [3.8, 4) is 5.69 Å². The first-order valence-electron chi connectivity index (χ1n) is 6.52. The van der Waals surface area contributed by atoms with Gasteiger partial charge in [0, 0.05) is 17.5 Å². The molecule has 0 unspecified atom stereocenters. The summed E-state index contributed by atoms with van der Waals surface area (Å²) >= 11 is 0. The monoisotopic (exact) mass is 257 g/mol. The summed E-state index contributed by atoms with van der Waals surface area (Å²) in [5.74, 6) is -0.944. The summed E-state index contributed by atoms with van der Waals surface area (Å²) in [5.41, 5.74) is 2.95. The van der Waals surface area contributed by atoms with E-state index in [0.717, 1.165) is 49.0 Å². The number of carboxylic acid groups (broad SMARTS) is 1. The summed E-state index contributed by atoms with van der Waals surface area (Å²) < 4.78 is 1.75. The number of rotatable bonds is 2. The summed E-state index contributed by atoms with van der Waals surface area (Å²) in [7, 11) is 0. The summed E-state index contributed by atoms with van der Waals surface area (Å²) in [4.78, 5) is 15.4. The minimum atomic E-state index is -0.944. The van der Waals surface area contributed by atoms with Crippen LogP contribution in [0, 0.1) is 0 Å². The van der Waals surface area contributed by atoms with Crippen LogP contribution in [0.2, 0.25) is 0 Å². The number of fused-ring (bicyclic) bond motifs is 1. The molecule has 1 aliphatic carbocycles. The SMILES string of the molecule is O=C(O)c1nn(-c2cccnc2)c2c1CCCCC2. The molecule has 1 N–H and O–H groups in total. The quantitative estimate of drug-likeness (QED) is 0.838. The van der Waals surface area contributed by atoms with Gasteiger partial charge in [-0.3, -0.25) is 4.98 Å². The Morgan fingerprint density at radius 1 is 1.26 bits per heavy atom. The van der Waals surface area contributed by atoms with Crippen molar-refractivity contribution in [1.29, 1.82) is 0 Å². The van der Waals surface area contributed by atoms with E-state index in [1.54, 1.807) is 17.1 Å². The van der Waals surface area contributed by atoms with Gasteiger partial charge in [-0.1, -0.05) is 6.42 Å². The standard InChI is InChI=1S/C14H15N3O2/c18-14(19)13-11-6-2-1-3-7-12(11)17(16-13)10-5-4-8-15-9-10/h4-5,8-9H,1-3,6-7H2,(H,18,19). The molecule has 2 aromatic rings. The van der Waals surface area contributed by atoms with Gasteiger partial charge in [-0.05, 0) is 37.8 Å². The number of carboxylic acids is 1. The second-order valence-electron chi connectivity index (χ2n) is 4.76. The molecular weight excluding hydrogens is 242 g/mol. The van der Waals surface area contributed by atoms with Gasteiger partial charge < -0.3 is 5.11 Å². The van der Waals surface area contributed by atoms with E-state index in [1.165, 1.54) is 0 Å². The number of hydrogen-bond acceptors (Lipinski definition) is 3. The molecule has 3 rings (SSSR count). The van der Waals surface area contributed by atoms with Gasteiger partial charge in [0.05, 0.1) is 11.9 Å². The molecule has 0 radical (unpaired) electrons. The van der Waals surface area contributed by atoms with Crippen LogP contribution in [0.3, 0.4) is 0 Å². The maximum absolute atomic E-state index is 11.3. The highest BCUT2D eigenvalue weighted by molar-refractivity contribution is 5.87. The molecule has 2 heterocycles. The largest absolute Gasteiger partial charge is 0.476 e. The second-order valence-corrected chi connectivity index (χ2v) is 4.76. The summed E-state index contributed by atoms with van der Waals surface area (Å²) in [6, 6.07) is 3.73. The van der Waals surface area contributed by atoms with E-state index in [4.69, 9.17) is 0 Å². The Bertz CT molecular complexity index is 605. The van der Waals surface area contributed by atoms with Gasteiger partial charge >= 0.3 is 5.97 Å². The molecule has 0 bridgehead atoms. The zero-order chi connectivity index (χ0) is 13.2. The smallest absolute Gasteiger partial charge is 0.356 e. The number of aromatic carboxylic acids is 1. The van der Waals surface area contributed by atoms with E-state index in [0.29, 0.717) is 0 Å². The van der Waals surface area contributed by atoms with Crippen molar-refractivity contribution in [2.75, 3.05) is 0 Å². The summed E-state index contributed by atoms with van der Waals surface area (Å²) in [6.45, 7) is 0. The van der Waals surface area contributed by atoms with Crippen molar-refractivity contribution in [2.45, 2.75) is 32.1 Å². The molecule has 0 aliphatic heterocycles. The van der Waals surface area contributed by atoms with Gasteiger partial charge in [0.15, 0.2) is 5.69 Å². The van der Waals surface area contributed by atoms with Gasteiger partial charge in [0.25, 0.3) is 0 Å². The molecule has 0 aromatic carbocycles. The van der Waals surface area contributed by atoms with Crippen LogP contribution in [-0.4, -0.2) is 25.8 Å². The zero-order valence-corrected chi connectivity index (χ0v) is 10.5. The van der Waals surface area contributed by atoms with Gasteiger partial charge in [-0.25, -0.2) is 9.48 Å². The molecule has 0 spiro atoms. The molecule has 19 heavy (non-hydrogen) atoms. The second kappa shape index (κ2) is 4.84. The number of nitrogens with zero attached hydrogens (tertiary/aromatic N) is 3. The van der Waals surface area contributed by atoms with Gasteiger partial charge in [-0.15, -0.1) is 0 Å². The topological polar surface area (TPSA) is 68.0 Å². The third-order valence-corrected chi connectivity index (χ3v) is 3.52. The lowest BCUT2D eigenvalue weighted by Crippen LogP contribution is -2.04. The molecule has 5 heteroatoms. The number of aromatic nitrogens is 3. The average molecular weight is 257 g/mol. The predicted molar refractivity (Wildman–Crippen MR) is 69.6 cm³/mol. The molecule has 0 amide bonds. The Morgan fingerprint density at radius 2 is 2.11 bits per heavy atom. The van der Waals surface area contributed by atoms with Crippen LogP contribution in [0.25, 0.3) is 5.69 Å². The fraction of sp³-hybridized carbons (Fsp3) is 0.357. The first-order chi connectivity index (χ1) is 9.27. The molecule has 0 saturated heterocycles. The van der Waals surface area contributed by atoms with Crippen molar-refractivity contribution >= 4 is 5.97 Å². The van der Waals surface area contributed by atoms with Crippen LogP contribution in [0.15, 0.2) is 24.5 Å². The Kier molecular flexibility index (Phi) is 3.03. The third kappa shape index (κ3) is 2.12. The van der Waals surface area contributed by atoms with Crippen LogP contribution < -0.4 is 0 Å². The molecule has 2 aromatic heterocycles. The van der Waals surface area contributed by atoms with Gasteiger partial charge in [0.2, 0.25) is 0 Å². The van der Waals surface area contributed by atoms with E-state index in [-0.39, 0.29) is 5.69 Å². The Labute approximate surface area is 110 Å². The van der Waals surface area contributed by atoms with E-state index >= 15 is 0 Å². The maximum atomic E-state index is 11.3. The Balaban J connectivity index is 2.17. The van der Waals surface area contributed by atoms with E-state index in [1.807, 2.05) is 12.1 Å². The van der Waals surface area contributed by atoms with Gasteiger partial charge in [-0.2, -0.15) is 5.10 Å². The molecule has 1 aliphatic rings. The van der Waals surface area contributed by atoms with Crippen molar-refractivity contribution in [1.82, 2.24) is 14.8 Å². The molecule has 0 saturated carbocycles. The lowest BCUT2D eigenvalue weighted by atomic mass is 10.1. The maximum Gasteiger partial charge on any atom is 0.356 e. The highest BCUT2D eigenvalue weighted by Crippen LogP contribution is 2.26. The van der Waals surface area contributed by atoms with Crippen molar-refractivity contribution in [3.05, 3.63) is 41.5 Å². The minimum Gasteiger partial charge on any atom is -0.476 e. The third-order valence-electron chi connectivity index (χ3n) is 3.52. The normalized spacial score (nSPS) is 14.7. The van der Waals surface area contributed by atoms with E-state index in [9.17, 15) is 9.90 Å². The molecule has 98 valence electrons. The number of hydrogen-bond donors (Lipinski definition) is 1. The number of pyridine rings is 1. The van der Waals surface area contributed by atoms with Crippen LogP contribution in [0.5, 0.6) is 0 Å². The summed E-state index contributed by atoms with van der Waals surface area (Å²) in [5, 5.41) is 13.6. The van der Waals surface area contributed by atoms with Crippen molar-refractivity contribution in [3.63, 3.8) is 0 Å². The summed E-state index contributed by atoms with van der Waals surface area (Å²) in [6.07, 6.45) is 8.35. The van der Waals surface area contributed by atoms with Crippen LogP contribution >= 0.6 is 0 Å². The Morgan fingerprint density at radius 3 is 2.84 bits per heavy atom. The lowest BCUT2D eigenvalue weighted by molar-refractivity contribution is 0.0688. The fourth-order valence-corrected chi connectivity index (χ4v) is 2.64. The van der Waals surface area contributed by atoms with Crippen molar-refractivity contribution < 1.29 is 9.90 Å². The van der Waals surface area contributed by atoms with Crippen LogP contribution in [0.1, 0.15) is 41.0 Å². The van der Waals surface area contributed by atoms with Gasteiger partial charge in [0.1, 0.15) is 0 Å². The average Bonchev–Trinajstić information content (AvgIpc) is 2.62. The molecule has 5 nitrogen and oxygen atoms in total. The van der Waals surface area contributed by atoms with E-state index < -0.39 is 5.97 Å².